The van der Waals surface area contributed by atoms with Crippen LogP contribution in [0, 0.1) is 5.41 Å². The first kappa shape index (κ1) is 11.4. The molecule has 0 saturated carbocycles. The summed E-state index contributed by atoms with van der Waals surface area (Å²) < 4.78 is 6.04. The van der Waals surface area contributed by atoms with Crippen LogP contribution in [0.25, 0.3) is 0 Å². The van der Waals surface area contributed by atoms with E-state index in [0.717, 1.165) is 30.6 Å². The van der Waals surface area contributed by atoms with Crippen LogP contribution in [0.2, 0.25) is 4.34 Å². The molecule has 1 aliphatic heterocycles. The molecule has 1 aromatic heterocycles. The standard InChI is InChI=1S/C10H15ClN2OS/c11-9-2-1-8(15-9)3-13-5-10(4-12)6-14-7-10/h1-2,13H,3-7,12H2. The average molecular weight is 247 g/mol. The molecule has 2 heterocycles. The lowest BCUT2D eigenvalue weighted by atomic mass is 9.86. The normalized spacial score (nSPS) is 18.8. The van der Waals surface area contributed by atoms with Crippen LogP contribution in [0.4, 0.5) is 0 Å². The number of halogens is 1. The highest BCUT2D eigenvalue weighted by Gasteiger charge is 2.36. The largest absolute Gasteiger partial charge is 0.380 e. The molecule has 1 aromatic rings. The van der Waals surface area contributed by atoms with E-state index in [1.54, 1.807) is 11.3 Å². The van der Waals surface area contributed by atoms with Crippen molar-refractivity contribution in [2.45, 2.75) is 6.54 Å². The van der Waals surface area contributed by atoms with E-state index in [9.17, 15) is 0 Å². The Kier molecular flexibility index (Phi) is 3.64. The van der Waals surface area contributed by atoms with Gasteiger partial charge in [0.2, 0.25) is 0 Å². The second-order valence-electron chi connectivity index (χ2n) is 4.01. The van der Waals surface area contributed by atoms with Gasteiger partial charge in [-0.2, -0.15) is 0 Å². The smallest absolute Gasteiger partial charge is 0.0931 e. The fraction of sp³-hybridized carbons (Fsp3) is 0.600. The number of nitrogens with one attached hydrogen (secondary N) is 1. The molecule has 0 aliphatic carbocycles. The molecule has 0 amide bonds. The summed E-state index contributed by atoms with van der Waals surface area (Å²) in [7, 11) is 0. The maximum absolute atomic E-state index is 5.85. The van der Waals surface area contributed by atoms with E-state index in [0.29, 0.717) is 6.54 Å². The summed E-state index contributed by atoms with van der Waals surface area (Å²) in [6, 6.07) is 3.97. The highest BCUT2D eigenvalue weighted by molar-refractivity contribution is 7.16. The molecule has 3 N–H and O–H groups in total. The molecule has 0 radical (unpaired) electrons. The first-order valence-electron chi connectivity index (χ1n) is 4.97. The minimum absolute atomic E-state index is 0.168. The summed E-state index contributed by atoms with van der Waals surface area (Å²) in [6.45, 7) is 4.02. The van der Waals surface area contributed by atoms with Crippen molar-refractivity contribution in [3.05, 3.63) is 21.3 Å². The van der Waals surface area contributed by atoms with Gasteiger partial charge < -0.3 is 15.8 Å². The lowest BCUT2D eigenvalue weighted by molar-refractivity contribution is -0.105. The summed E-state index contributed by atoms with van der Waals surface area (Å²) >= 11 is 7.46. The van der Waals surface area contributed by atoms with Crippen LogP contribution in [0.1, 0.15) is 4.88 Å². The van der Waals surface area contributed by atoms with Crippen LogP contribution in [0.15, 0.2) is 12.1 Å². The molecular formula is C10H15ClN2OS. The highest BCUT2D eigenvalue weighted by atomic mass is 35.5. The number of ether oxygens (including phenoxy) is 1. The summed E-state index contributed by atoms with van der Waals surface area (Å²) in [4.78, 5) is 1.26. The number of nitrogens with two attached hydrogens (primary N) is 1. The Morgan fingerprint density at radius 1 is 1.53 bits per heavy atom. The van der Waals surface area contributed by atoms with Gasteiger partial charge in [0.15, 0.2) is 0 Å². The number of hydrogen-bond acceptors (Lipinski definition) is 4. The molecule has 1 saturated heterocycles. The van der Waals surface area contributed by atoms with E-state index < -0.39 is 0 Å². The van der Waals surface area contributed by atoms with Gasteiger partial charge in [0.1, 0.15) is 0 Å². The Labute approximate surface area is 98.6 Å². The molecule has 15 heavy (non-hydrogen) atoms. The van der Waals surface area contributed by atoms with Crippen molar-refractivity contribution in [3.8, 4) is 0 Å². The average Bonchev–Trinajstić information content (AvgIpc) is 2.56. The van der Waals surface area contributed by atoms with E-state index >= 15 is 0 Å². The van der Waals surface area contributed by atoms with Crippen LogP contribution in [-0.2, 0) is 11.3 Å². The zero-order chi connectivity index (χ0) is 10.7. The van der Waals surface area contributed by atoms with E-state index in [1.165, 1.54) is 4.88 Å². The minimum atomic E-state index is 0.168. The molecule has 0 aromatic carbocycles. The van der Waals surface area contributed by atoms with Crippen LogP contribution in [0.5, 0.6) is 0 Å². The first-order valence-corrected chi connectivity index (χ1v) is 6.16. The van der Waals surface area contributed by atoms with Crippen LogP contribution in [0.3, 0.4) is 0 Å². The third-order valence-corrected chi connectivity index (χ3v) is 3.91. The molecule has 2 rings (SSSR count). The number of thiophene rings is 1. The molecule has 1 fully saturated rings. The fourth-order valence-corrected chi connectivity index (χ4v) is 2.64. The van der Waals surface area contributed by atoms with Crippen molar-refractivity contribution in [2.24, 2.45) is 11.1 Å². The quantitative estimate of drug-likeness (QED) is 0.827. The van der Waals surface area contributed by atoms with Crippen LogP contribution in [-0.4, -0.2) is 26.3 Å². The molecule has 5 heteroatoms. The third-order valence-electron chi connectivity index (χ3n) is 2.68. The SMILES string of the molecule is NCC1(CNCc2ccc(Cl)s2)COC1. The van der Waals surface area contributed by atoms with E-state index in [1.807, 2.05) is 12.1 Å². The van der Waals surface area contributed by atoms with Gasteiger partial charge >= 0.3 is 0 Å². The maximum Gasteiger partial charge on any atom is 0.0931 e. The minimum Gasteiger partial charge on any atom is -0.380 e. The van der Waals surface area contributed by atoms with Gasteiger partial charge in [-0.05, 0) is 12.1 Å². The topological polar surface area (TPSA) is 47.3 Å². The van der Waals surface area contributed by atoms with Crippen molar-refractivity contribution in [1.82, 2.24) is 5.32 Å². The summed E-state index contributed by atoms with van der Waals surface area (Å²) in [5.41, 5.74) is 5.88. The fourth-order valence-electron chi connectivity index (χ4n) is 1.58. The summed E-state index contributed by atoms with van der Waals surface area (Å²) in [5, 5.41) is 3.40. The van der Waals surface area contributed by atoms with Gasteiger partial charge in [0, 0.05) is 29.9 Å². The van der Waals surface area contributed by atoms with Crippen molar-refractivity contribution in [1.29, 1.82) is 0 Å². The van der Waals surface area contributed by atoms with E-state index in [4.69, 9.17) is 22.1 Å². The van der Waals surface area contributed by atoms with Crippen LogP contribution >= 0.6 is 22.9 Å². The van der Waals surface area contributed by atoms with Gasteiger partial charge in [0.05, 0.1) is 17.6 Å². The predicted molar refractivity (Wildman–Crippen MR) is 63.3 cm³/mol. The Balaban J connectivity index is 1.74. The van der Waals surface area contributed by atoms with Gasteiger partial charge in [-0.15, -0.1) is 11.3 Å². The second-order valence-corrected chi connectivity index (χ2v) is 5.81. The van der Waals surface area contributed by atoms with Crippen LogP contribution < -0.4 is 11.1 Å². The predicted octanol–water partition coefficient (Wildman–Crippen LogP) is 1.47. The molecule has 0 unspecified atom stereocenters. The lowest BCUT2D eigenvalue weighted by Gasteiger charge is -2.40. The zero-order valence-corrected chi connectivity index (χ0v) is 10.0. The third kappa shape index (κ3) is 2.71. The van der Waals surface area contributed by atoms with Crippen molar-refractivity contribution in [3.63, 3.8) is 0 Å². The first-order chi connectivity index (χ1) is 7.24. The molecule has 84 valence electrons. The Bertz CT molecular complexity index is 319. The van der Waals surface area contributed by atoms with Gasteiger partial charge in [0.25, 0.3) is 0 Å². The number of hydrogen-bond donors (Lipinski definition) is 2. The molecular weight excluding hydrogens is 232 g/mol. The van der Waals surface area contributed by atoms with Crippen molar-refractivity contribution in [2.75, 3.05) is 26.3 Å². The second kappa shape index (κ2) is 4.80. The lowest BCUT2D eigenvalue weighted by Crippen LogP contribution is -2.54. The maximum atomic E-state index is 5.85. The van der Waals surface area contributed by atoms with E-state index in [-0.39, 0.29) is 5.41 Å². The summed E-state index contributed by atoms with van der Waals surface area (Å²) in [5.74, 6) is 0. The summed E-state index contributed by atoms with van der Waals surface area (Å²) in [6.07, 6.45) is 0. The molecule has 0 bridgehead atoms. The highest BCUT2D eigenvalue weighted by Crippen LogP contribution is 2.25. The Morgan fingerprint density at radius 3 is 2.80 bits per heavy atom. The molecule has 0 atom stereocenters. The Hall–Kier alpha value is -0.130. The molecule has 3 nitrogen and oxygen atoms in total. The monoisotopic (exact) mass is 246 g/mol. The van der Waals surface area contributed by atoms with Crippen molar-refractivity contribution < 1.29 is 4.74 Å². The van der Waals surface area contributed by atoms with Gasteiger partial charge in [-0.25, -0.2) is 0 Å². The van der Waals surface area contributed by atoms with E-state index in [2.05, 4.69) is 5.32 Å². The zero-order valence-electron chi connectivity index (χ0n) is 8.46. The van der Waals surface area contributed by atoms with Crippen molar-refractivity contribution >= 4 is 22.9 Å². The molecule has 1 aliphatic rings. The van der Waals surface area contributed by atoms with Gasteiger partial charge in [-0.3, -0.25) is 0 Å². The van der Waals surface area contributed by atoms with Gasteiger partial charge in [-0.1, -0.05) is 11.6 Å². The molecule has 0 spiro atoms. The number of rotatable bonds is 5. The Morgan fingerprint density at radius 2 is 2.33 bits per heavy atom.